The minimum Gasteiger partial charge on any atom is -0.456 e. The predicted molar refractivity (Wildman–Crippen MR) is 159 cm³/mol. The van der Waals surface area contributed by atoms with Crippen molar-refractivity contribution in [2.45, 2.75) is 77.4 Å². The molecule has 1 fully saturated rings. The van der Waals surface area contributed by atoms with Crippen molar-refractivity contribution in [1.29, 1.82) is 0 Å². The Morgan fingerprint density at radius 2 is 1.84 bits per heavy atom. The van der Waals surface area contributed by atoms with Crippen LogP contribution in [0.25, 0.3) is 11.0 Å². The molecule has 0 saturated carbocycles. The van der Waals surface area contributed by atoms with Gasteiger partial charge in [0.05, 0.1) is 48.0 Å². The molecule has 6 rings (SSSR count). The molecular formula is C34H35F4N3O4. The summed E-state index contributed by atoms with van der Waals surface area (Å²) in [6.07, 6.45) is -3.79. The number of rotatable bonds is 8. The first kappa shape index (κ1) is 31.2. The van der Waals surface area contributed by atoms with Crippen molar-refractivity contribution in [2.24, 2.45) is 0 Å². The van der Waals surface area contributed by atoms with Crippen LogP contribution in [0.2, 0.25) is 0 Å². The summed E-state index contributed by atoms with van der Waals surface area (Å²) in [5.41, 5.74) is 1.94. The first-order valence-corrected chi connectivity index (χ1v) is 15.0. The first-order chi connectivity index (χ1) is 21.4. The van der Waals surface area contributed by atoms with Gasteiger partial charge in [-0.05, 0) is 80.6 Å². The quantitative estimate of drug-likeness (QED) is 0.152. The van der Waals surface area contributed by atoms with Crippen LogP contribution in [0.1, 0.15) is 71.9 Å². The number of esters is 1. The van der Waals surface area contributed by atoms with E-state index in [1.807, 2.05) is 54.5 Å². The van der Waals surface area contributed by atoms with Gasteiger partial charge in [0.25, 0.3) is 0 Å². The predicted octanol–water partition coefficient (Wildman–Crippen LogP) is 7.21. The summed E-state index contributed by atoms with van der Waals surface area (Å²) < 4.78 is 74.7. The lowest BCUT2D eigenvalue weighted by molar-refractivity contribution is -0.140. The fraction of sp³-hybridized carbons (Fsp3) is 0.412. The standard InChI is InChI=1S/C34H35F4N3O4/c1-33(2,3)45-32(42)22-9-11-28-29(16-22)41(18-25-13-15-43-25)30(39-28)19-40-14-12-21-6-4-5-7-26(21)31(40)44-20-23-8-10-24(35)17-27(23)34(36,37)38/h4-11,16-17,25,31H,12-15,18-20H2,1-3H3/t25-,31-/m0/s1. The Morgan fingerprint density at radius 3 is 2.56 bits per heavy atom. The number of imidazole rings is 1. The zero-order valence-electron chi connectivity index (χ0n) is 25.4. The smallest absolute Gasteiger partial charge is 0.416 e. The Labute approximate surface area is 258 Å². The van der Waals surface area contributed by atoms with Crippen LogP contribution in [0, 0.1) is 5.82 Å². The Morgan fingerprint density at radius 1 is 1.07 bits per heavy atom. The third kappa shape index (κ3) is 6.90. The van der Waals surface area contributed by atoms with Gasteiger partial charge in [0, 0.05) is 13.2 Å². The van der Waals surface area contributed by atoms with E-state index >= 15 is 0 Å². The second-order valence-corrected chi connectivity index (χ2v) is 12.5. The highest BCUT2D eigenvalue weighted by atomic mass is 19.4. The van der Waals surface area contributed by atoms with Crippen LogP contribution in [0.5, 0.6) is 0 Å². The molecule has 2 aliphatic rings. The second-order valence-electron chi connectivity index (χ2n) is 12.5. The number of hydrogen-bond acceptors (Lipinski definition) is 6. The van der Waals surface area contributed by atoms with Gasteiger partial charge in [-0.2, -0.15) is 13.2 Å². The molecule has 1 aromatic heterocycles. The molecule has 0 N–H and O–H groups in total. The Kier molecular flexibility index (Phi) is 8.45. The fourth-order valence-corrected chi connectivity index (χ4v) is 5.82. The van der Waals surface area contributed by atoms with Crippen LogP contribution in [-0.2, 0) is 46.5 Å². The van der Waals surface area contributed by atoms with Crippen molar-refractivity contribution in [3.63, 3.8) is 0 Å². The minimum atomic E-state index is -4.72. The Hall–Kier alpha value is -3.80. The molecule has 0 aliphatic carbocycles. The van der Waals surface area contributed by atoms with Gasteiger partial charge in [-0.15, -0.1) is 0 Å². The number of hydrogen-bond donors (Lipinski definition) is 0. The lowest BCUT2D eigenvalue weighted by Gasteiger charge is -2.37. The summed E-state index contributed by atoms with van der Waals surface area (Å²) in [4.78, 5) is 19.9. The summed E-state index contributed by atoms with van der Waals surface area (Å²) in [6.45, 7) is 7.19. The summed E-state index contributed by atoms with van der Waals surface area (Å²) in [5.74, 6) is -0.675. The van der Waals surface area contributed by atoms with E-state index in [1.54, 1.807) is 18.2 Å². The number of nitrogens with zero attached hydrogens (tertiary/aromatic N) is 3. The van der Waals surface area contributed by atoms with Gasteiger partial charge in [-0.25, -0.2) is 14.2 Å². The molecule has 0 spiro atoms. The van der Waals surface area contributed by atoms with E-state index in [0.29, 0.717) is 49.2 Å². The number of benzene rings is 3. The van der Waals surface area contributed by atoms with Gasteiger partial charge in [0.2, 0.25) is 0 Å². The number of carbonyl (C=O) groups excluding carboxylic acids is 1. The monoisotopic (exact) mass is 625 g/mol. The van der Waals surface area contributed by atoms with Gasteiger partial charge < -0.3 is 18.8 Å². The summed E-state index contributed by atoms with van der Waals surface area (Å²) in [5, 5.41) is 0. The van der Waals surface area contributed by atoms with Crippen LogP contribution in [0.4, 0.5) is 17.6 Å². The Balaban J connectivity index is 1.33. The molecule has 0 radical (unpaired) electrons. The molecular weight excluding hydrogens is 590 g/mol. The number of alkyl halides is 3. The number of halogens is 4. The molecule has 2 aliphatic heterocycles. The maximum absolute atomic E-state index is 13.8. The third-order valence-electron chi connectivity index (χ3n) is 8.08. The molecule has 0 amide bonds. The highest BCUT2D eigenvalue weighted by molar-refractivity contribution is 5.94. The van der Waals surface area contributed by atoms with E-state index < -0.39 is 35.4 Å². The van der Waals surface area contributed by atoms with Crippen molar-refractivity contribution in [2.75, 3.05) is 13.2 Å². The molecule has 4 aromatic rings. The van der Waals surface area contributed by atoms with Crippen molar-refractivity contribution >= 4 is 17.0 Å². The van der Waals surface area contributed by atoms with Crippen LogP contribution in [-0.4, -0.2) is 45.3 Å². The number of carbonyl (C=O) groups is 1. The van der Waals surface area contributed by atoms with Crippen molar-refractivity contribution in [3.05, 3.63) is 100 Å². The maximum Gasteiger partial charge on any atom is 0.416 e. The van der Waals surface area contributed by atoms with Crippen LogP contribution in [0.15, 0.2) is 60.7 Å². The number of aromatic nitrogens is 2. The SMILES string of the molecule is CC(C)(C)OC(=O)c1ccc2nc(CN3CCc4ccccc4[C@@H]3OCc3ccc(F)cc3C(F)(F)F)n(C[C@@H]3CCO3)c2c1. The van der Waals surface area contributed by atoms with Crippen molar-refractivity contribution in [1.82, 2.24) is 14.5 Å². The molecule has 7 nitrogen and oxygen atoms in total. The molecule has 11 heteroatoms. The number of ether oxygens (including phenoxy) is 3. The van der Waals surface area contributed by atoms with Crippen LogP contribution >= 0.6 is 0 Å². The molecule has 238 valence electrons. The molecule has 1 saturated heterocycles. The van der Waals surface area contributed by atoms with Gasteiger partial charge >= 0.3 is 12.1 Å². The lowest BCUT2D eigenvalue weighted by Crippen LogP contribution is -2.38. The summed E-state index contributed by atoms with van der Waals surface area (Å²) in [6, 6.07) is 15.6. The minimum absolute atomic E-state index is 0.000253. The highest BCUT2D eigenvalue weighted by Crippen LogP contribution is 2.37. The van der Waals surface area contributed by atoms with Crippen molar-refractivity contribution < 1.29 is 36.6 Å². The van der Waals surface area contributed by atoms with Crippen LogP contribution in [0.3, 0.4) is 0 Å². The van der Waals surface area contributed by atoms with E-state index in [9.17, 15) is 22.4 Å². The zero-order valence-corrected chi connectivity index (χ0v) is 25.4. The first-order valence-electron chi connectivity index (χ1n) is 15.0. The van der Waals surface area contributed by atoms with Gasteiger partial charge in [-0.3, -0.25) is 4.90 Å². The van der Waals surface area contributed by atoms with Crippen molar-refractivity contribution in [3.8, 4) is 0 Å². The number of fused-ring (bicyclic) bond motifs is 2. The van der Waals surface area contributed by atoms with Gasteiger partial charge in [0.15, 0.2) is 0 Å². The molecule has 0 bridgehead atoms. The van der Waals surface area contributed by atoms with Gasteiger partial charge in [0.1, 0.15) is 23.5 Å². The highest BCUT2D eigenvalue weighted by Gasteiger charge is 2.35. The lowest BCUT2D eigenvalue weighted by atomic mass is 9.98. The molecule has 0 unspecified atom stereocenters. The van der Waals surface area contributed by atoms with E-state index in [4.69, 9.17) is 19.2 Å². The summed E-state index contributed by atoms with van der Waals surface area (Å²) in [7, 11) is 0. The Bertz CT molecular complexity index is 1710. The van der Waals surface area contributed by atoms with Crippen LogP contribution < -0.4 is 0 Å². The molecule has 2 atom stereocenters. The summed E-state index contributed by atoms with van der Waals surface area (Å²) >= 11 is 0. The van der Waals surface area contributed by atoms with E-state index in [-0.39, 0.29) is 18.3 Å². The van der Waals surface area contributed by atoms with E-state index in [0.717, 1.165) is 41.6 Å². The average Bonchev–Trinajstić information content (AvgIpc) is 3.29. The molecule has 3 aromatic carbocycles. The largest absolute Gasteiger partial charge is 0.456 e. The topological polar surface area (TPSA) is 65.8 Å². The van der Waals surface area contributed by atoms with Gasteiger partial charge in [-0.1, -0.05) is 30.3 Å². The average molecular weight is 626 g/mol. The van der Waals surface area contributed by atoms with E-state index in [1.165, 1.54) is 0 Å². The van der Waals surface area contributed by atoms with E-state index in [2.05, 4.69) is 0 Å². The zero-order chi connectivity index (χ0) is 31.9. The third-order valence-corrected chi connectivity index (χ3v) is 8.08. The second kappa shape index (κ2) is 12.2. The maximum atomic E-state index is 13.8. The fourth-order valence-electron chi connectivity index (χ4n) is 5.82. The molecule has 45 heavy (non-hydrogen) atoms. The molecule has 3 heterocycles. The normalized spacial score (nSPS) is 18.9.